The molecule has 1 aliphatic rings. The van der Waals surface area contributed by atoms with Crippen molar-refractivity contribution in [2.24, 2.45) is 5.92 Å². The molecule has 0 aromatic heterocycles. The van der Waals surface area contributed by atoms with Gasteiger partial charge >= 0.3 is 12.0 Å². The molecule has 102 valence electrons. The Morgan fingerprint density at radius 3 is 2.58 bits per heavy atom. The van der Waals surface area contributed by atoms with E-state index in [1.807, 2.05) is 0 Å². The third-order valence-corrected chi connectivity index (χ3v) is 2.82. The SMILES string of the molecule is O=C(Nc1ccc(F)cc1)NC1COCC1C(=O)O. The van der Waals surface area contributed by atoms with Crippen LogP contribution in [0.25, 0.3) is 0 Å². The summed E-state index contributed by atoms with van der Waals surface area (Å²) in [7, 11) is 0. The van der Waals surface area contributed by atoms with E-state index in [1.165, 1.54) is 24.3 Å². The number of urea groups is 1. The van der Waals surface area contributed by atoms with Crippen LogP contribution in [0.1, 0.15) is 0 Å². The molecule has 19 heavy (non-hydrogen) atoms. The van der Waals surface area contributed by atoms with Crippen molar-refractivity contribution in [1.29, 1.82) is 0 Å². The van der Waals surface area contributed by atoms with Gasteiger partial charge in [0.25, 0.3) is 0 Å². The largest absolute Gasteiger partial charge is 0.481 e. The Bertz CT molecular complexity index is 477. The summed E-state index contributed by atoms with van der Waals surface area (Å²) in [6, 6.07) is 4.14. The molecule has 1 aliphatic heterocycles. The Hall–Kier alpha value is -2.15. The number of carboxylic acids is 1. The molecule has 2 amide bonds. The maximum absolute atomic E-state index is 12.7. The quantitative estimate of drug-likeness (QED) is 0.764. The van der Waals surface area contributed by atoms with E-state index in [9.17, 15) is 14.0 Å². The van der Waals surface area contributed by atoms with Gasteiger partial charge < -0.3 is 20.5 Å². The third kappa shape index (κ3) is 3.41. The third-order valence-electron chi connectivity index (χ3n) is 2.82. The first-order chi connectivity index (χ1) is 9.06. The lowest BCUT2D eigenvalue weighted by Crippen LogP contribution is -2.44. The first kappa shape index (κ1) is 13.3. The standard InChI is InChI=1S/C12H13FN2O4/c13-7-1-3-8(4-2-7)14-12(18)15-10-6-19-5-9(10)11(16)17/h1-4,9-10H,5-6H2,(H,16,17)(H2,14,15,18). The normalized spacial score (nSPS) is 21.9. The molecule has 3 N–H and O–H groups in total. The first-order valence-corrected chi connectivity index (χ1v) is 5.70. The van der Waals surface area contributed by atoms with E-state index in [-0.39, 0.29) is 13.2 Å². The highest BCUT2D eigenvalue weighted by Crippen LogP contribution is 2.14. The number of carboxylic acid groups (broad SMARTS) is 1. The molecule has 6 nitrogen and oxygen atoms in total. The molecule has 1 aromatic carbocycles. The fourth-order valence-electron chi connectivity index (χ4n) is 1.81. The number of carbonyl (C=O) groups is 2. The van der Waals surface area contributed by atoms with Crippen molar-refractivity contribution < 1.29 is 23.8 Å². The molecule has 1 fully saturated rings. The van der Waals surface area contributed by atoms with Crippen LogP contribution in [-0.2, 0) is 9.53 Å². The van der Waals surface area contributed by atoms with Gasteiger partial charge in [-0.25, -0.2) is 9.18 Å². The van der Waals surface area contributed by atoms with E-state index in [0.29, 0.717) is 5.69 Å². The van der Waals surface area contributed by atoms with Gasteiger partial charge in [-0.1, -0.05) is 0 Å². The molecule has 2 rings (SSSR count). The molecule has 2 atom stereocenters. The smallest absolute Gasteiger partial charge is 0.319 e. The van der Waals surface area contributed by atoms with Gasteiger partial charge in [0, 0.05) is 5.69 Å². The average Bonchev–Trinajstić information content (AvgIpc) is 2.80. The second-order valence-electron chi connectivity index (χ2n) is 4.19. The van der Waals surface area contributed by atoms with Crippen LogP contribution in [0, 0.1) is 11.7 Å². The lowest BCUT2D eigenvalue weighted by atomic mass is 10.0. The molecule has 1 aromatic rings. The van der Waals surface area contributed by atoms with E-state index >= 15 is 0 Å². The molecule has 0 saturated carbocycles. The van der Waals surface area contributed by atoms with Crippen molar-refractivity contribution in [1.82, 2.24) is 5.32 Å². The lowest BCUT2D eigenvalue weighted by molar-refractivity contribution is -0.142. The second-order valence-corrected chi connectivity index (χ2v) is 4.19. The summed E-state index contributed by atoms with van der Waals surface area (Å²) in [5.41, 5.74) is 0.421. The summed E-state index contributed by atoms with van der Waals surface area (Å²) in [6.07, 6.45) is 0. The van der Waals surface area contributed by atoms with Gasteiger partial charge in [-0.05, 0) is 24.3 Å². The number of hydrogen-bond donors (Lipinski definition) is 3. The number of carbonyl (C=O) groups excluding carboxylic acids is 1. The van der Waals surface area contributed by atoms with Crippen LogP contribution in [0.4, 0.5) is 14.9 Å². The zero-order chi connectivity index (χ0) is 13.8. The first-order valence-electron chi connectivity index (χ1n) is 5.70. The molecule has 7 heteroatoms. The van der Waals surface area contributed by atoms with E-state index < -0.39 is 29.8 Å². The Morgan fingerprint density at radius 2 is 1.95 bits per heavy atom. The number of amides is 2. The lowest BCUT2D eigenvalue weighted by Gasteiger charge is -2.16. The topological polar surface area (TPSA) is 87.7 Å². The van der Waals surface area contributed by atoms with Gasteiger partial charge in [0.2, 0.25) is 0 Å². The zero-order valence-corrected chi connectivity index (χ0v) is 9.93. The van der Waals surface area contributed by atoms with Crippen LogP contribution in [0.5, 0.6) is 0 Å². The number of benzene rings is 1. The van der Waals surface area contributed by atoms with Gasteiger partial charge in [0.15, 0.2) is 0 Å². The molecule has 0 spiro atoms. The van der Waals surface area contributed by atoms with Crippen molar-refractivity contribution in [3.63, 3.8) is 0 Å². The van der Waals surface area contributed by atoms with Gasteiger partial charge in [-0.2, -0.15) is 0 Å². The zero-order valence-electron chi connectivity index (χ0n) is 9.93. The number of hydrogen-bond acceptors (Lipinski definition) is 3. The Labute approximate surface area is 108 Å². The summed E-state index contributed by atoms with van der Waals surface area (Å²) < 4.78 is 17.7. The Morgan fingerprint density at radius 1 is 1.26 bits per heavy atom. The molecular weight excluding hydrogens is 255 g/mol. The minimum absolute atomic E-state index is 0.0802. The average molecular weight is 268 g/mol. The minimum atomic E-state index is -1.01. The highest BCUT2D eigenvalue weighted by molar-refractivity contribution is 5.89. The molecule has 0 aliphatic carbocycles. The van der Waals surface area contributed by atoms with Crippen LogP contribution in [0.15, 0.2) is 24.3 Å². The van der Waals surface area contributed by atoms with Crippen molar-refractivity contribution in [3.05, 3.63) is 30.1 Å². The summed E-state index contributed by atoms with van der Waals surface area (Å²) in [5, 5.41) is 13.9. The molecule has 1 heterocycles. The van der Waals surface area contributed by atoms with Gasteiger partial charge in [0.05, 0.1) is 19.3 Å². The van der Waals surface area contributed by atoms with Crippen LogP contribution in [0.2, 0.25) is 0 Å². The molecule has 0 bridgehead atoms. The molecule has 1 saturated heterocycles. The van der Waals surface area contributed by atoms with Crippen LogP contribution in [0.3, 0.4) is 0 Å². The Kier molecular flexibility index (Phi) is 3.96. The van der Waals surface area contributed by atoms with Crippen LogP contribution >= 0.6 is 0 Å². The Balaban J connectivity index is 1.90. The van der Waals surface area contributed by atoms with Gasteiger partial charge in [-0.15, -0.1) is 0 Å². The van der Waals surface area contributed by atoms with Crippen LogP contribution < -0.4 is 10.6 Å². The van der Waals surface area contributed by atoms with Gasteiger partial charge in [0.1, 0.15) is 11.7 Å². The second kappa shape index (κ2) is 5.66. The van der Waals surface area contributed by atoms with E-state index in [2.05, 4.69) is 10.6 Å². The number of nitrogens with one attached hydrogen (secondary N) is 2. The number of ether oxygens (including phenoxy) is 1. The van der Waals surface area contributed by atoms with E-state index in [0.717, 1.165) is 0 Å². The van der Waals surface area contributed by atoms with Crippen molar-refractivity contribution in [2.75, 3.05) is 18.5 Å². The van der Waals surface area contributed by atoms with Crippen molar-refractivity contribution >= 4 is 17.7 Å². The summed E-state index contributed by atoms with van der Waals surface area (Å²) in [6.45, 7) is 0.241. The molecule has 0 radical (unpaired) electrons. The summed E-state index contributed by atoms with van der Waals surface area (Å²) in [5.74, 6) is -2.16. The number of anilines is 1. The maximum Gasteiger partial charge on any atom is 0.319 e. The van der Waals surface area contributed by atoms with Crippen molar-refractivity contribution in [2.45, 2.75) is 6.04 Å². The minimum Gasteiger partial charge on any atom is -0.481 e. The van der Waals surface area contributed by atoms with Crippen LogP contribution in [-0.4, -0.2) is 36.4 Å². The highest BCUT2D eigenvalue weighted by Gasteiger charge is 2.35. The van der Waals surface area contributed by atoms with E-state index in [4.69, 9.17) is 9.84 Å². The van der Waals surface area contributed by atoms with Crippen molar-refractivity contribution in [3.8, 4) is 0 Å². The fourth-order valence-corrected chi connectivity index (χ4v) is 1.81. The number of halogens is 1. The fraction of sp³-hybridized carbons (Fsp3) is 0.333. The maximum atomic E-state index is 12.7. The predicted octanol–water partition coefficient (Wildman–Crippen LogP) is 1.05. The number of aliphatic carboxylic acids is 1. The monoisotopic (exact) mass is 268 g/mol. The summed E-state index contributed by atoms with van der Waals surface area (Å²) in [4.78, 5) is 22.6. The number of rotatable bonds is 3. The molecular formula is C12H13FN2O4. The molecule has 2 unspecified atom stereocenters. The summed E-state index contributed by atoms with van der Waals surface area (Å²) >= 11 is 0. The predicted molar refractivity (Wildman–Crippen MR) is 64.3 cm³/mol. The highest BCUT2D eigenvalue weighted by atomic mass is 19.1. The van der Waals surface area contributed by atoms with Gasteiger partial charge in [-0.3, -0.25) is 4.79 Å². The van der Waals surface area contributed by atoms with E-state index in [1.54, 1.807) is 0 Å².